The molecule has 5 rings (SSSR count). The van der Waals surface area contributed by atoms with Crippen LogP contribution in [0.3, 0.4) is 0 Å². The predicted octanol–water partition coefficient (Wildman–Crippen LogP) is 8.01. The quantitative estimate of drug-likeness (QED) is 0.293. The standard InChI is InChI=1S/C27H24O/c1-17-12-15-23-22-11-7-10-21(25(22)28-26(23)24(17)27(2,3)4)20-14-13-18-8-5-6-9-19(18)16-20/h5-16H,1-4H3. The summed E-state index contributed by atoms with van der Waals surface area (Å²) in [6.45, 7) is 8.95. The monoisotopic (exact) mass is 364 g/mol. The maximum Gasteiger partial charge on any atom is 0.143 e. The van der Waals surface area contributed by atoms with Crippen LogP contribution in [0.2, 0.25) is 0 Å². The Morgan fingerprint density at radius 3 is 2.21 bits per heavy atom. The van der Waals surface area contributed by atoms with Crippen molar-refractivity contribution >= 4 is 32.7 Å². The van der Waals surface area contributed by atoms with Gasteiger partial charge in [-0.05, 0) is 40.3 Å². The molecule has 0 aliphatic carbocycles. The molecule has 4 aromatic carbocycles. The summed E-state index contributed by atoms with van der Waals surface area (Å²) >= 11 is 0. The Kier molecular flexibility index (Phi) is 3.64. The lowest BCUT2D eigenvalue weighted by molar-refractivity contribution is 0.569. The van der Waals surface area contributed by atoms with Crippen LogP contribution >= 0.6 is 0 Å². The second kappa shape index (κ2) is 5.97. The first-order valence-electron chi connectivity index (χ1n) is 9.88. The van der Waals surface area contributed by atoms with Crippen LogP contribution in [0.1, 0.15) is 31.9 Å². The van der Waals surface area contributed by atoms with E-state index in [-0.39, 0.29) is 5.41 Å². The highest BCUT2D eigenvalue weighted by atomic mass is 16.3. The second-order valence-electron chi connectivity index (χ2n) is 8.73. The Labute approximate surface area is 165 Å². The van der Waals surface area contributed by atoms with Gasteiger partial charge in [0.05, 0.1) is 0 Å². The molecule has 0 bridgehead atoms. The number of fused-ring (bicyclic) bond motifs is 4. The minimum Gasteiger partial charge on any atom is -0.455 e. The number of furan rings is 1. The third-order valence-electron chi connectivity index (χ3n) is 5.69. The summed E-state index contributed by atoms with van der Waals surface area (Å²) in [5.74, 6) is 0. The number of aryl methyl sites for hydroxylation is 1. The molecular weight excluding hydrogens is 340 g/mol. The first-order chi connectivity index (χ1) is 13.4. The van der Waals surface area contributed by atoms with E-state index in [1.54, 1.807) is 0 Å². The van der Waals surface area contributed by atoms with Crippen LogP contribution in [0.4, 0.5) is 0 Å². The molecule has 0 saturated heterocycles. The molecule has 1 nitrogen and oxygen atoms in total. The van der Waals surface area contributed by atoms with Crippen molar-refractivity contribution in [1.29, 1.82) is 0 Å². The van der Waals surface area contributed by atoms with Crippen molar-refractivity contribution in [1.82, 2.24) is 0 Å². The van der Waals surface area contributed by atoms with Gasteiger partial charge in [0.15, 0.2) is 0 Å². The molecule has 5 aromatic rings. The van der Waals surface area contributed by atoms with E-state index in [1.165, 1.54) is 38.2 Å². The Balaban J connectivity index is 1.84. The van der Waals surface area contributed by atoms with Crippen molar-refractivity contribution in [2.75, 3.05) is 0 Å². The fraction of sp³-hybridized carbons (Fsp3) is 0.185. The van der Waals surface area contributed by atoms with Crippen LogP contribution in [0, 0.1) is 6.92 Å². The van der Waals surface area contributed by atoms with Crippen LogP contribution < -0.4 is 0 Å². The van der Waals surface area contributed by atoms with Crippen molar-refractivity contribution in [3.8, 4) is 11.1 Å². The van der Waals surface area contributed by atoms with E-state index in [2.05, 4.69) is 100 Å². The van der Waals surface area contributed by atoms with Gasteiger partial charge in [0.1, 0.15) is 11.2 Å². The van der Waals surface area contributed by atoms with Crippen LogP contribution in [0.15, 0.2) is 77.2 Å². The van der Waals surface area contributed by atoms with E-state index >= 15 is 0 Å². The average molecular weight is 364 g/mol. The molecule has 0 atom stereocenters. The fourth-order valence-corrected chi connectivity index (χ4v) is 4.48. The topological polar surface area (TPSA) is 13.1 Å². The number of hydrogen-bond acceptors (Lipinski definition) is 1. The van der Waals surface area contributed by atoms with Gasteiger partial charge in [-0.25, -0.2) is 0 Å². The molecule has 28 heavy (non-hydrogen) atoms. The molecular formula is C27H24O. The normalized spacial score (nSPS) is 12.3. The van der Waals surface area contributed by atoms with Gasteiger partial charge in [0.25, 0.3) is 0 Å². The van der Waals surface area contributed by atoms with E-state index in [0.717, 1.165) is 16.7 Å². The van der Waals surface area contributed by atoms with Gasteiger partial charge < -0.3 is 4.42 Å². The largest absolute Gasteiger partial charge is 0.455 e. The van der Waals surface area contributed by atoms with Crippen molar-refractivity contribution in [2.45, 2.75) is 33.1 Å². The van der Waals surface area contributed by atoms with Crippen LogP contribution in [0.25, 0.3) is 43.8 Å². The highest BCUT2D eigenvalue weighted by molar-refractivity contribution is 6.11. The molecule has 0 aliphatic heterocycles. The zero-order chi connectivity index (χ0) is 19.5. The van der Waals surface area contributed by atoms with E-state index in [1.807, 2.05) is 0 Å². The Morgan fingerprint density at radius 1 is 0.679 bits per heavy atom. The molecule has 1 heteroatoms. The van der Waals surface area contributed by atoms with Gasteiger partial charge >= 0.3 is 0 Å². The predicted molar refractivity (Wildman–Crippen MR) is 120 cm³/mol. The van der Waals surface area contributed by atoms with E-state index in [9.17, 15) is 0 Å². The number of benzene rings is 4. The lowest BCUT2D eigenvalue weighted by atomic mass is 9.83. The van der Waals surface area contributed by atoms with E-state index in [4.69, 9.17) is 4.42 Å². The van der Waals surface area contributed by atoms with E-state index < -0.39 is 0 Å². The second-order valence-corrected chi connectivity index (χ2v) is 8.73. The van der Waals surface area contributed by atoms with Crippen molar-refractivity contribution in [3.05, 3.63) is 83.9 Å². The Morgan fingerprint density at radius 2 is 1.43 bits per heavy atom. The minimum atomic E-state index is 0.0284. The molecule has 1 heterocycles. The summed E-state index contributed by atoms with van der Waals surface area (Å²) in [6.07, 6.45) is 0. The van der Waals surface area contributed by atoms with Gasteiger partial charge in [-0.2, -0.15) is 0 Å². The molecule has 0 saturated carbocycles. The summed E-state index contributed by atoms with van der Waals surface area (Å²) in [5, 5.41) is 4.90. The Hall–Kier alpha value is -3.06. The fourth-order valence-electron chi connectivity index (χ4n) is 4.48. The molecule has 0 amide bonds. The van der Waals surface area contributed by atoms with Crippen LogP contribution in [-0.4, -0.2) is 0 Å². The molecule has 1 aromatic heterocycles. The zero-order valence-corrected chi connectivity index (χ0v) is 16.8. The van der Waals surface area contributed by atoms with Crippen LogP contribution in [0.5, 0.6) is 0 Å². The molecule has 0 unspecified atom stereocenters. The summed E-state index contributed by atoms with van der Waals surface area (Å²) in [6, 6.07) is 26.0. The summed E-state index contributed by atoms with van der Waals surface area (Å²) in [5.41, 5.74) is 6.95. The first kappa shape index (κ1) is 17.1. The smallest absolute Gasteiger partial charge is 0.143 e. The molecule has 0 fully saturated rings. The summed E-state index contributed by atoms with van der Waals surface area (Å²) in [7, 11) is 0. The SMILES string of the molecule is Cc1ccc2c(oc3c(-c4ccc5ccccc5c4)cccc32)c1C(C)(C)C. The molecule has 0 aliphatic rings. The number of para-hydroxylation sites is 1. The van der Waals surface area contributed by atoms with Gasteiger partial charge in [0.2, 0.25) is 0 Å². The lowest BCUT2D eigenvalue weighted by Crippen LogP contribution is -2.13. The third-order valence-corrected chi connectivity index (χ3v) is 5.69. The first-order valence-corrected chi connectivity index (χ1v) is 9.88. The average Bonchev–Trinajstić information content (AvgIpc) is 3.04. The van der Waals surface area contributed by atoms with Gasteiger partial charge in [-0.3, -0.25) is 0 Å². The van der Waals surface area contributed by atoms with E-state index in [0.29, 0.717) is 0 Å². The van der Waals surface area contributed by atoms with Crippen molar-refractivity contribution in [2.24, 2.45) is 0 Å². The summed E-state index contributed by atoms with van der Waals surface area (Å²) < 4.78 is 6.59. The Bertz CT molecular complexity index is 1350. The maximum atomic E-state index is 6.59. The number of hydrogen-bond donors (Lipinski definition) is 0. The zero-order valence-electron chi connectivity index (χ0n) is 16.8. The van der Waals surface area contributed by atoms with Crippen LogP contribution in [-0.2, 0) is 5.41 Å². The molecule has 0 radical (unpaired) electrons. The van der Waals surface area contributed by atoms with Gasteiger partial charge in [0, 0.05) is 21.9 Å². The third kappa shape index (κ3) is 2.54. The van der Waals surface area contributed by atoms with Gasteiger partial charge in [-0.1, -0.05) is 87.5 Å². The molecule has 0 spiro atoms. The highest BCUT2D eigenvalue weighted by Gasteiger charge is 2.23. The minimum absolute atomic E-state index is 0.0284. The van der Waals surface area contributed by atoms with Crippen molar-refractivity contribution in [3.63, 3.8) is 0 Å². The molecule has 0 N–H and O–H groups in total. The number of rotatable bonds is 1. The lowest BCUT2D eigenvalue weighted by Gasteiger charge is -2.21. The molecule has 138 valence electrons. The maximum absolute atomic E-state index is 6.59. The van der Waals surface area contributed by atoms with Crippen molar-refractivity contribution < 1.29 is 4.42 Å². The van der Waals surface area contributed by atoms with Gasteiger partial charge in [-0.15, -0.1) is 0 Å². The highest BCUT2D eigenvalue weighted by Crippen LogP contribution is 2.41. The summed E-state index contributed by atoms with van der Waals surface area (Å²) in [4.78, 5) is 0.